The van der Waals surface area contributed by atoms with Gasteiger partial charge in [-0.15, -0.1) is 10.2 Å². The number of nitrogen functional groups attached to an aromatic ring is 1. The van der Waals surface area contributed by atoms with Crippen LogP contribution in [0.4, 0.5) is 5.95 Å². The van der Waals surface area contributed by atoms with E-state index in [4.69, 9.17) is 30.8 Å². The van der Waals surface area contributed by atoms with E-state index in [9.17, 15) is 8.76 Å². The first-order chi connectivity index (χ1) is 28.0. The third-order valence-corrected chi connectivity index (χ3v) is 12.4. The fourth-order valence-corrected chi connectivity index (χ4v) is 9.13. The lowest BCUT2D eigenvalue weighted by molar-refractivity contribution is 0.397. The average Bonchev–Trinajstić information content (AvgIpc) is 3.86. The van der Waals surface area contributed by atoms with Crippen molar-refractivity contribution in [3.63, 3.8) is 0 Å². The number of hydrogen-bond donors (Lipinski definition) is 3. The zero-order valence-electron chi connectivity index (χ0n) is 31.7. The van der Waals surface area contributed by atoms with Gasteiger partial charge >= 0.3 is 0 Å². The van der Waals surface area contributed by atoms with Gasteiger partial charge < -0.3 is 35.2 Å². The Morgan fingerprint density at radius 3 is 1.93 bits per heavy atom. The van der Waals surface area contributed by atoms with Crippen LogP contribution in [0.2, 0.25) is 0 Å². The number of H-pyrrole nitrogens is 1. The number of aromatic amines is 1. The Labute approximate surface area is 337 Å². The van der Waals surface area contributed by atoms with Crippen LogP contribution in [0, 0.1) is 0 Å². The van der Waals surface area contributed by atoms with E-state index in [1.165, 1.54) is 15.2 Å². The van der Waals surface area contributed by atoms with Crippen molar-refractivity contribution in [1.82, 2.24) is 34.5 Å². The van der Waals surface area contributed by atoms with Gasteiger partial charge in [-0.2, -0.15) is 9.10 Å². The largest absolute Gasteiger partial charge is 0.772 e. The van der Waals surface area contributed by atoms with Crippen LogP contribution in [0.15, 0.2) is 108 Å². The molecule has 0 saturated carbocycles. The Hall–Kier alpha value is -6.18. The molecule has 0 fully saturated rings. The first kappa shape index (κ1) is 40.0. The van der Waals surface area contributed by atoms with E-state index in [1.54, 1.807) is 106 Å². The summed E-state index contributed by atoms with van der Waals surface area (Å²) >= 11 is -2.84. The molecule has 0 amide bonds. The maximum Gasteiger partial charge on any atom is 0.244 e. The molecule has 2 unspecified atom stereocenters. The Balaban J connectivity index is 1.48. The van der Waals surface area contributed by atoms with Crippen molar-refractivity contribution in [3.05, 3.63) is 125 Å². The van der Waals surface area contributed by atoms with Crippen LogP contribution in [0.3, 0.4) is 0 Å². The SMILES string of the molecule is COc1ccc(CN(Cc2ccc(OC)cc2)S(=O)(=O)c2c(C(CN)S(=O)[O-])ccc(-c3ccc4nc(N)[nH]c4c3)c2-c2nnn(Cc3ccc(OC)cc3)n2)cc1. The van der Waals surface area contributed by atoms with Gasteiger partial charge in [0.1, 0.15) is 17.2 Å². The number of nitrogens with one attached hydrogen (secondary N) is 1. The predicted octanol–water partition coefficient (Wildman–Crippen LogP) is 4.81. The number of methoxy groups -OCH3 is 3. The number of benzene rings is 5. The van der Waals surface area contributed by atoms with Gasteiger partial charge in [-0.05, 0) is 98.2 Å². The third-order valence-electron chi connectivity index (χ3n) is 9.59. The minimum absolute atomic E-state index is 0.0312. The number of nitrogens with zero attached hydrogens (tertiary/aromatic N) is 6. The molecule has 7 rings (SSSR count). The van der Waals surface area contributed by atoms with Crippen LogP contribution in [0.1, 0.15) is 27.5 Å². The molecule has 5 aromatic carbocycles. The molecule has 0 saturated heterocycles. The monoisotopic (exact) mass is 822 g/mol. The van der Waals surface area contributed by atoms with E-state index in [1.807, 2.05) is 12.1 Å². The molecule has 7 aromatic rings. The van der Waals surface area contributed by atoms with Crippen LogP contribution in [-0.4, -0.2) is 79.5 Å². The number of imidazole rings is 1. The quantitative estimate of drug-likeness (QED) is 0.111. The maximum atomic E-state index is 15.7. The van der Waals surface area contributed by atoms with Crippen molar-refractivity contribution in [3.8, 4) is 39.8 Å². The molecule has 5 N–H and O–H groups in total. The zero-order valence-corrected chi connectivity index (χ0v) is 33.4. The van der Waals surface area contributed by atoms with Crippen molar-refractivity contribution in [2.75, 3.05) is 33.6 Å². The van der Waals surface area contributed by atoms with Crippen molar-refractivity contribution >= 4 is 38.1 Å². The summed E-state index contributed by atoms with van der Waals surface area (Å²) in [4.78, 5) is 8.33. The van der Waals surface area contributed by atoms with Crippen molar-refractivity contribution < 1.29 is 31.4 Å². The molecule has 0 radical (unpaired) electrons. The van der Waals surface area contributed by atoms with E-state index in [-0.39, 0.29) is 47.4 Å². The highest BCUT2D eigenvalue weighted by Crippen LogP contribution is 2.43. The summed E-state index contributed by atoms with van der Waals surface area (Å²) in [6.45, 7) is -0.436. The number of sulfonamides is 1. The lowest BCUT2D eigenvalue weighted by atomic mass is 9.95. The summed E-state index contributed by atoms with van der Waals surface area (Å²) in [5, 5.41) is 12.0. The fraction of sp³-hybridized carbons (Fsp3) is 0.200. The molecule has 300 valence electrons. The van der Waals surface area contributed by atoms with E-state index in [0.29, 0.717) is 50.5 Å². The molecule has 0 aliphatic heterocycles. The van der Waals surface area contributed by atoms with Crippen LogP contribution >= 0.6 is 0 Å². The van der Waals surface area contributed by atoms with Gasteiger partial charge in [0.25, 0.3) is 0 Å². The molecule has 2 aromatic heterocycles. The van der Waals surface area contributed by atoms with Gasteiger partial charge in [-0.3, -0.25) is 4.21 Å². The molecule has 18 heteroatoms. The van der Waals surface area contributed by atoms with Gasteiger partial charge in [0.15, 0.2) is 5.95 Å². The van der Waals surface area contributed by atoms with Crippen LogP contribution in [0.25, 0.3) is 33.5 Å². The third kappa shape index (κ3) is 8.41. The first-order valence-electron chi connectivity index (χ1n) is 17.9. The van der Waals surface area contributed by atoms with Crippen molar-refractivity contribution in [2.45, 2.75) is 29.8 Å². The number of tetrazole rings is 1. The standard InChI is InChI=1S/C40H41N9O7S2/c1-54-29-11-4-25(5-12-29)22-48(23-26-6-13-30(55-2)14-7-26)58(52,53)38-33(36(21-41)57(50)51)18-17-32(28-10-19-34-35(20-28)44-40(42)43-34)37(38)39-45-47-49(46-39)24-27-8-15-31(56-3)16-9-27/h4-20,36H,21-24,41H2,1-3H3,(H,50,51)(H3,42,43,44)/p-1. The number of rotatable bonds is 16. The Morgan fingerprint density at radius 2 is 1.40 bits per heavy atom. The number of hydrogen-bond acceptors (Lipinski definition) is 13. The fourth-order valence-electron chi connectivity index (χ4n) is 6.63. The molecular formula is C40H40N9O7S2-. The number of fused-ring (bicyclic) bond motifs is 1. The summed E-state index contributed by atoms with van der Waals surface area (Å²) in [6.07, 6.45) is 0. The molecule has 0 spiro atoms. The lowest BCUT2D eigenvalue weighted by Crippen LogP contribution is -2.32. The van der Waals surface area contributed by atoms with E-state index in [0.717, 1.165) is 5.56 Å². The average molecular weight is 823 g/mol. The molecule has 2 heterocycles. The van der Waals surface area contributed by atoms with Gasteiger partial charge in [-0.1, -0.05) is 54.6 Å². The normalized spacial score (nSPS) is 12.8. The molecule has 16 nitrogen and oxygen atoms in total. The van der Waals surface area contributed by atoms with Gasteiger partial charge in [0, 0.05) is 19.6 Å². The minimum Gasteiger partial charge on any atom is -0.772 e. The van der Waals surface area contributed by atoms with Crippen LogP contribution in [-0.2, 0) is 40.7 Å². The van der Waals surface area contributed by atoms with Gasteiger partial charge in [-0.25, -0.2) is 13.4 Å². The first-order valence-corrected chi connectivity index (χ1v) is 20.5. The van der Waals surface area contributed by atoms with E-state index in [2.05, 4.69) is 20.3 Å². The van der Waals surface area contributed by atoms with Gasteiger partial charge in [0.2, 0.25) is 15.8 Å². The topological polar surface area (TPSA) is 230 Å². The van der Waals surface area contributed by atoms with Crippen molar-refractivity contribution in [2.24, 2.45) is 5.73 Å². The van der Waals surface area contributed by atoms with E-state index < -0.39 is 32.9 Å². The summed E-state index contributed by atoms with van der Waals surface area (Å²) < 4.78 is 74.5. The number of anilines is 1. The smallest absolute Gasteiger partial charge is 0.244 e. The Bertz CT molecular complexity index is 2620. The molecule has 2 atom stereocenters. The number of ether oxygens (including phenoxy) is 3. The second-order valence-electron chi connectivity index (χ2n) is 13.2. The molecule has 0 aliphatic rings. The molecular weight excluding hydrogens is 783 g/mol. The molecule has 0 bridgehead atoms. The molecule has 0 aliphatic carbocycles. The summed E-state index contributed by atoms with van der Waals surface area (Å²) in [6, 6.07) is 29.7. The maximum absolute atomic E-state index is 15.7. The summed E-state index contributed by atoms with van der Waals surface area (Å²) in [7, 11) is -0.0270. The minimum atomic E-state index is -4.68. The Morgan fingerprint density at radius 1 is 0.828 bits per heavy atom. The summed E-state index contributed by atoms with van der Waals surface area (Å²) in [5.74, 6) is 1.99. The zero-order chi connectivity index (χ0) is 41.0. The second kappa shape index (κ2) is 17.1. The lowest BCUT2D eigenvalue weighted by Gasteiger charge is -2.29. The highest BCUT2D eigenvalue weighted by molar-refractivity contribution is 7.89. The van der Waals surface area contributed by atoms with Crippen LogP contribution in [0.5, 0.6) is 17.2 Å². The number of aromatic nitrogens is 6. The van der Waals surface area contributed by atoms with Crippen LogP contribution < -0.4 is 25.7 Å². The molecule has 58 heavy (non-hydrogen) atoms. The highest BCUT2D eigenvalue weighted by Gasteiger charge is 2.36. The highest BCUT2D eigenvalue weighted by atomic mass is 32.2. The predicted molar refractivity (Wildman–Crippen MR) is 218 cm³/mol. The Kier molecular flexibility index (Phi) is 11.8. The van der Waals surface area contributed by atoms with Gasteiger partial charge in [0.05, 0.1) is 54.6 Å². The summed E-state index contributed by atoms with van der Waals surface area (Å²) in [5.41, 5.74) is 16.3. The van der Waals surface area contributed by atoms with E-state index >= 15 is 8.42 Å². The second-order valence-corrected chi connectivity index (χ2v) is 16.2. The van der Waals surface area contributed by atoms with Crippen molar-refractivity contribution in [1.29, 1.82) is 0 Å². The number of nitrogens with two attached hydrogens (primary N) is 2.